The number of hydrogen-bond acceptors (Lipinski definition) is 4. The highest BCUT2D eigenvalue weighted by Crippen LogP contribution is 2.41. The van der Waals surface area contributed by atoms with Crippen molar-refractivity contribution in [1.82, 2.24) is 9.97 Å². The molecule has 2 aromatic rings. The molecular formula is C17H22N2O2. The Morgan fingerprint density at radius 3 is 2.05 bits per heavy atom. The molecule has 21 heavy (non-hydrogen) atoms. The van der Waals surface area contributed by atoms with E-state index in [1.54, 1.807) is 14.2 Å². The summed E-state index contributed by atoms with van der Waals surface area (Å²) in [6.45, 7) is 8.17. The molecule has 0 aliphatic carbocycles. The van der Waals surface area contributed by atoms with E-state index in [0.717, 1.165) is 39.7 Å². The highest BCUT2D eigenvalue weighted by atomic mass is 16.5. The molecule has 4 heteroatoms. The van der Waals surface area contributed by atoms with Crippen LogP contribution < -0.4 is 9.47 Å². The molecule has 1 aromatic carbocycles. The lowest BCUT2D eigenvalue weighted by atomic mass is 9.96. The number of hydrogen-bond donors (Lipinski definition) is 0. The van der Waals surface area contributed by atoms with Crippen LogP contribution in [0.15, 0.2) is 18.3 Å². The van der Waals surface area contributed by atoms with E-state index in [4.69, 9.17) is 9.47 Å². The highest BCUT2D eigenvalue weighted by Gasteiger charge is 2.20. The summed E-state index contributed by atoms with van der Waals surface area (Å²) < 4.78 is 11.1. The number of ether oxygens (including phenoxy) is 2. The van der Waals surface area contributed by atoms with Crippen LogP contribution in [0.3, 0.4) is 0 Å². The molecule has 0 fully saturated rings. The molecule has 0 aliphatic heterocycles. The third kappa shape index (κ3) is 2.99. The van der Waals surface area contributed by atoms with E-state index >= 15 is 0 Å². The molecule has 0 radical (unpaired) electrons. The lowest BCUT2D eigenvalue weighted by Crippen LogP contribution is -2.03. The van der Waals surface area contributed by atoms with Gasteiger partial charge in [0.25, 0.3) is 0 Å². The third-order valence-corrected chi connectivity index (χ3v) is 3.45. The molecule has 0 unspecified atom stereocenters. The smallest absolute Gasteiger partial charge is 0.132 e. The van der Waals surface area contributed by atoms with Crippen molar-refractivity contribution in [2.45, 2.75) is 33.6 Å². The van der Waals surface area contributed by atoms with Crippen LogP contribution in [-0.4, -0.2) is 24.2 Å². The Balaban J connectivity index is 2.80. The van der Waals surface area contributed by atoms with Gasteiger partial charge in [0.2, 0.25) is 0 Å². The van der Waals surface area contributed by atoms with Crippen LogP contribution in [0.1, 0.15) is 36.7 Å². The van der Waals surface area contributed by atoms with Gasteiger partial charge < -0.3 is 9.47 Å². The van der Waals surface area contributed by atoms with Crippen molar-refractivity contribution in [3.8, 4) is 22.8 Å². The molecular weight excluding hydrogens is 264 g/mol. The zero-order chi connectivity index (χ0) is 15.6. The van der Waals surface area contributed by atoms with Gasteiger partial charge in [-0.05, 0) is 43.0 Å². The first kappa shape index (κ1) is 15.3. The summed E-state index contributed by atoms with van der Waals surface area (Å²) in [4.78, 5) is 8.96. The van der Waals surface area contributed by atoms with E-state index in [1.165, 1.54) is 0 Å². The fourth-order valence-electron chi connectivity index (χ4n) is 2.38. The van der Waals surface area contributed by atoms with Crippen molar-refractivity contribution in [3.63, 3.8) is 0 Å². The second-order valence-electron chi connectivity index (χ2n) is 5.42. The molecule has 1 aromatic heterocycles. The van der Waals surface area contributed by atoms with Crippen LogP contribution in [0, 0.1) is 13.8 Å². The molecule has 112 valence electrons. The third-order valence-electron chi connectivity index (χ3n) is 3.45. The Bertz CT molecular complexity index is 626. The number of nitrogens with zero attached hydrogens (tertiary/aromatic N) is 2. The number of aryl methyl sites for hydroxylation is 2. The summed E-state index contributed by atoms with van der Waals surface area (Å²) in [6, 6.07) is 4.00. The maximum Gasteiger partial charge on any atom is 0.132 e. The average molecular weight is 286 g/mol. The van der Waals surface area contributed by atoms with E-state index in [9.17, 15) is 0 Å². The molecule has 0 bridgehead atoms. The standard InChI is InChI=1S/C17H22N2O2/c1-10(2)13-9-18-12(4)19-17(13)16-14(20-5)7-11(3)8-15(16)21-6/h7-10H,1-6H3. The normalized spacial score (nSPS) is 10.8. The SMILES string of the molecule is COc1cc(C)cc(OC)c1-c1nc(C)ncc1C(C)C. The van der Waals surface area contributed by atoms with E-state index in [2.05, 4.69) is 23.8 Å². The number of rotatable bonds is 4. The fourth-order valence-corrected chi connectivity index (χ4v) is 2.38. The second-order valence-corrected chi connectivity index (χ2v) is 5.42. The molecule has 1 heterocycles. The van der Waals surface area contributed by atoms with Gasteiger partial charge in [-0.2, -0.15) is 0 Å². The van der Waals surface area contributed by atoms with Crippen LogP contribution in [0.2, 0.25) is 0 Å². The molecule has 0 aliphatic rings. The lowest BCUT2D eigenvalue weighted by Gasteiger charge is -2.18. The summed E-state index contributed by atoms with van der Waals surface area (Å²) in [5, 5.41) is 0. The summed E-state index contributed by atoms with van der Waals surface area (Å²) in [6.07, 6.45) is 1.89. The molecule has 0 spiro atoms. The van der Waals surface area contributed by atoms with Gasteiger partial charge in [0.15, 0.2) is 0 Å². The Morgan fingerprint density at radius 1 is 1.00 bits per heavy atom. The summed E-state index contributed by atoms with van der Waals surface area (Å²) in [5.74, 6) is 2.59. The first-order valence-electron chi connectivity index (χ1n) is 7.04. The fraction of sp³-hybridized carbons (Fsp3) is 0.412. The van der Waals surface area contributed by atoms with Crippen LogP contribution >= 0.6 is 0 Å². The summed E-state index contributed by atoms with van der Waals surface area (Å²) >= 11 is 0. The van der Waals surface area contributed by atoms with Crippen molar-refractivity contribution in [3.05, 3.63) is 35.3 Å². The molecule has 0 atom stereocenters. The Hall–Kier alpha value is -2.10. The first-order chi connectivity index (χ1) is 9.97. The second kappa shape index (κ2) is 6.12. The zero-order valence-electron chi connectivity index (χ0n) is 13.5. The van der Waals surface area contributed by atoms with Gasteiger partial charge in [-0.25, -0.2) is 9.97 Å². The van der Waals surface area contributed by atoms with Gasteiger partial charge in [0.05, 0.1) is 25.5 Å². The number of benzene rings is 1. The molecule has 0 N–H and O–H groups in total. The van der Waals surface area contributed by atoms with E-state index < -0.39 is 0 Å². The van der Waals surface area contributed by atoms with Crippen molar-refractivity contribution in [2.24, 2.45) is 0 Å². The van der Waals surface area contributed by atoms with Gasteiger partial charge >= 0.3 is 0 Å². The largest absolute Gasteiger partial charge is 0.496 e. The molecule has 0 amide bonds. The maximum absolute atomic E-state index is 5.56. The minimum absolute atomic E-state index is 0.316. The van der Waals surface area contributed by atoms with Gasteiger partial charge in [-0.3, -0.25) is 0 Å². The molecule has 4 nitrogen and oxygen atoms in total. The minimum atomic E-state index is 0.316. The van der Waals surface area contributed by atoms with Crippen LogP contribution in [-0.2, 0) is 0 Å². The van der Waals surface area contributed by atoms with E-state index in [1.807, 2.05) is 32.2 Å². The van der Waals surface area contributed by atoms with Gasteiger partial charge in [-0.1, -0.05) is 13.8 Å². The van der Waals surface area contributed by atoms with Crippen molar-refractivity contribution in [1.29, 1.82) is 0 Å². The number of aromatic nitrogens is 2. The van der Waals surface area contributed by atoms with Crippen LogP contribution in [0.25, 0.3) is 11.3 Å². The Morgan fingerprint density at radius 2 is 1.57 bits per heavy atom. The van der Waals surface area contributed by atoms with Gasteiger partial charge in [0, 0.05) is 6.20 Å². The maximum atomic E-state index is 5.56. The molecule has 0 saturated heterocycles. The zero-order valence-corrected chi connectivity index (χ0v) is 13.5. The highest BCUT2D eigenvalue weighted by molar-refractivity contribution is 5.77. The van der Waals surface area contributed by atoms with Crippen LogP contribution in [0.5, 0.6) is 11.5 Å². The molecule has 0 saturated carbocycles. The predicted octanol–water partition coefficient (Wildman–Crippen LogP) is 3.90. The van der Waals surface area contributed by atoms with Crippen molar-refractivity contribution < 1.29 is 9.47 Å². The topological polar surface area (TPSA) is 44.2 Å². The van der Waals surface area contributed by atoms with Gasteiger partial charge in [-0.15, -0.1) is 0 Å². The monoisotopic (exact) mass is 286 g/mol. The minimum Gasteiger partial charge on any atom is -0.496 e. The number of methoxy groups -OCH3 is 2. The first-order valence-corrected chi connectivity index (χ1v) is 7.04. The van der Waals surface area contributed by atoms with Crippen molar-refractivity contribution in [2.75, 3.05) is 14.2 Å². The van der Waals surface area contributed by atoms with Crippen LogP contribution in [0.4, 0.5) is 0 Å². The average Bonchev–Trinajstić information content (AvgIpc) is 2.45. The quantitative estimate of drug-likeness (QED) is 0.855. The predicted molar refractivity (Wildman–Crippen MR) is 84.1 cm³/mol. The Kier molecular flexibility index (Phi) is 4.46. The van der Waals surface area contributed by atoms with Gasteiger partial charge in [0.1, 0.15) is 17.3 Å². The summed E-state index contributed by atoms with van der Waals surface area (Å²) in [5.41, 5.74) is 3.94. The van der Waals surface area contributed by atoms with E-state index in [0.29, 0.717) is 5.92 Å². The molecule has 2 rings (SSSR count). The van der Waals surface area contributed by atoms with E-state index in [-0.39, 0.29) is 0 Å². The Labute approximate surface area is 126 Å². The lowest BCUT2D eigenvalue weighted by molar-refractivity contribution is 0.396. The van der Waals surface area contributed by atoms with Crippen molar-refractivity contribution >= 4 is 0 Å². The summed E-state index contributed by atoms with van der Waals surface area (Å²) in [7, 11) is 3.33.